The summed E-state index contributed by atoms with van der Waals surface area (Å²) in [5.41, 5.74) is 7.23. The van der Waals surface area contributed by atoms with Crippen molar-refractivity contribution in [3.8, 4) is 11.3 Å². The fourth-order valence-electron chi connectivity index (χ4n) is 1.58. The summed E-state index contributed by atoms with van der Waals surface area (Å²) in [5.74, 6) is -0.307. The van der Waals surface area contributed by atoms with Gasteiger partial charge in [0.05, 0.1) is 11.3 Å². The monoisotopic (exact) mass is 230 g/mol. The van der Waals surface area contributed by atoms with Gasteiger partial charge in [-0.25, -0.2) is 9.37 Å². The number of nitrogen functional groups attached to an aromatic ring is 1. The molecule has 1 aromatic heterocycles. The highest BCUT2D eigenvalue weighted by Crippen LogP contribution is 2.21. The molecule has 0 saturated carbocycles. The molecule has 4 heteroatoms. The van der Waals surface area contributed by atoms with Gasteiger partial charge in [0.25, 0.3) is 0 Å². The second kappa shape index (κ2) is 4.33. The van der Waals surface area contributed by atoms with E-state index in [1.165, 1.54) is 19.1 Å². The number of ketones is 1. The molecule has 0 amide bonds. The zero-order valence-corrected chi connectivity index (χ0v) is 9.27. The van der Waals surface area contributed by atoms with E-state index in [0.29, 0.717) is 16.8 Å². The molecule has 2 N–H and O–H groups in total. The zero-order valence-electron chi connectivity index (χ0n) is 9.27. The van der Waals surface area contributed by atoms with Gasteiger partial charge in [-0.05, 0) is 31.2 Å². The topological polar surface area (TPSA) is 56.0 Å². The minimum atomic E-state index is -0.335. The predicted octanol–water partition coefficient (Wildman–Crippen LogP) is 2.67. The molecule has 0 unspecified atom stereocenters. The molecule has 0 atom stereocenters. The first kappa shape index (κ1) is 11.3. The van der Waals surface area contributed by atoms with Crippen molar-refractivity contribution in [1.82, 2.24) is 4.98 Å². The molecule has 0 aliphatic heterocycles. The lowest BCUT2D eigenvalue weighted by atomic mass is 10.1. The number of halogens is 1. The summed E-state index contributed by atoms with van der Waals surface area (Å²) < 4.78 is 13.0. The molecule has 1 aromatic carbocycles. The Hall–Kier alpha value is -2.23. The number of rotatable bonds is 2. The van der Waals surface area contributed by atoms with Gasteiger partial charge in [0.1, 0.15) is 11.6 Å². The lowest BCUT2D eigenvalue weighted by Gasteiger charge is -2.05. The minimum Gasteiger partial charge on any atom is -0.383 e. The molecule has 17 heavy (non-hydrogen) atoms. The van der Waals surface area contributed by atoms with E-state index in [1.54, 1.807) is 24.3 Å². The number of hydrogen-bond acceptors (Lipinski definition) is 3. The van der Waals surface area contributed by atoms with Gasteiger partial charge in [-0.3, -0.25) is 4.79 Å². The van der Waals surface area contributed by atoms with Crippen LogP contribution in [0.3, 0.4) is 0 Å². The first-order chi connectivity index (χ1) is 8.08. The van der Waals surface area contributed by atoms with Gasteiger partial charge in [0.15, 0.2) is 5.78 Å². The van der Waals surface area contributed by atoms with Gasteiger partial charge in [0.2, 0.25) is 0 Å². The van der Waals surface area contributed by atoms with Gasteiger partial charge in [-0.2, -0.15) is 0 Å². The van der Waals surface area contributed by atoms with Crippen LogP contribution in [0.4, 0.5) is 10.2 Å². The van der Waals surface area contributed by atoms with Gasteiger partial charge in [-0.1, -0.05) is 12.1 Å². The largest absolute Gasteiger partial charge is 0.383 e. The number of nitrogens with two attached hydrogens (primary N) is 1. The van der Waals surface area contributed by atoms with Crippen molar-refractivity contribution in [3.63, 3.8) is 0 Å². The average Bonchev–Trinajstić information content (AvgIpc) is 2.28. The molecule has 1 heterocycles. The molecule has 0 saturated heterocycles. The molecule has 2 rings (SSSR count). The quantitative estimate of drug-likeness (QED) is 0.807. The Morgan fingerprint density at radius 2 is 2.06 bits per heavy atom. The Morgan fingerprint density at radius 1 is 1.29 bits per heavy atom. The SMILES string of the molecule is CC(=O)c1ccc(-c2cccc(F)c2)nc1N. The summed E-state index contributed by atoms with van der Waals surface area (Å²) in [4.78, 5) is 15.3. The van der Waals surface area contributed by atoms with Gasteiger partial charge in [-0.15, -0.1) is 0 Å². The minimum absolute atomic E-state index is 0.138. The highest BCUT2D eigenvalue weighted by molar-refractivity contribution is 5.98. The van der Waals surface area contributed by atoms with Crippen molar-refractivity contribution in [2.24, 2.45) is 0 Å². The molecule has 86 valence electrons. The third kappa shape index (κ3) is 2.30. The van der Waals surface area contributed by atoms with E-state index in [0.717, 1.165) is 0 Å². The molecule has 0 bridgehead atoms. The van der Waals surface area contributed by atoms with Crippen LogP contribution in [0.1, 0.15) is 17.3 Å². The first-order valence-electron chi connectivity index (χ1n) is 5.11. The standard InChI is InChI=1S/C13H11FN2O/c1-8(17)11-5-6-12(16-13(11)15)9-3-2-4-10(14)7-9/h2-7H,1H3,(H2,15,16). The summed E-state index contributed by atoms with van der Waals surface area (Å²) in [6.45, 7) is 1.43. The van der Waals surface area contributed by atoms with E-state index in [9.17, 15) is 9.18 Å². The Kier molecular flexibility index (Phi) is 2.87. The van der Waals surface area contributed by atoms with Crippen molar-refractivity contribution in [2.75, 3.05) is 5.73 Å². The van der Waals surface area contributed by atoms with Gasteiger partial charge < -0.3 is 5.73 Å². The fourth-order valence-corrected chi connectivity index (χ4v) is 1.58. The van der Waals surface area contributed by atoms with Crippen LogP contribution in [0, 0.1) is 5.82 Å². The molecule has 0 aliphatic rings. The van der Waals surface area contributed by atoms with E-state index in [4.69, 9.17) is 5.73 Å². The van der Waals surface area contributed by atoms with Crippen LogP contribution < -0.4 is 5.73 Å². The molecule has 0 aliphatic carbocycles. The molecule has 3 nitrogen and oxygen atoms in total. The number of nitrogens with zero attached hydrogens (tertiary/aromatic N) is 1. The molecule has 2 aromatic rings. The van der Waals surface area contributed by atoms with E-state index in [2.05, 4.69) is 4.98 Å². The number of carbonyl (C=O) groups is 1. The summed E-state index contributed by atoms with van der Waals surface area (Å²) in [7, 11) is 0. The maximum absolute atomic E-state index is 13.0. The van der Waals surface area contributed by atoms with E-state index < -0.39 is 0 Å². The number of Topliss-reactive ketones (excluding diaryl/α,β-unsaturated/α-hetero) is 1. The van der Waals surface area contributed by atoms with Crippen molar-refractivity contribution in [2.45, 2.75) is 6.92 Å². The number of aromatic nitrogens is 1. The van der Waals surface area contributed by atoms with Gasteiger partial charge >= 0.3 is 0 Å². The number of carbonyl (C=O) groups excluding carboxylic acids is 1. The predicted molar refractivity (Wildman–Crippen MR) is 64.0 cm³/mol. The zero-order chi connectivity index (χ0) is 12.4. The third-order valence-corrected chi connectivity index (χ3v) is 2.42. The molecular formula is C13H11FN2O. The van der Waals surface area contributed by atoms with Crippen molar-refractivity contribution in [1.29, 1.82) is 0 Å². The van der Waals surface area contributed by atoms with E-state index >= 15 is 0 Å². The normalized spacial score (nSPS) is 10.2. The maximum atomic E-state index is 13.0. The van der Waals surface area contributed by atoms with Crippen LogP contribution in [0.2, 0.25) is 0 Å². The molecule has 0 radical (unpaired) electrons. The average molecular weight is 230 g/mol. The second-order valence-electron chi connectivity index (χ2n) is 3.70. The van der Waals surface area contributed by atoms with Crippen molar-refractivity contribution in [3.05, 3.63) is 47.8 Å². The number of anilines is 1. The highest BCUT2D eigenvalue weighted by atomic mass is 19.1. The first-order valence-corrected chi connectivity index (χ1v) is 5.11. The van der Waals surface area contributed by atoms with Crippen molar-refractivity contribution < 1.29 is 9.18 Å². The van der Waals surface area contributed by atoms with Crippen LogP contribution >= 0.6 is 0 Å². The van der Waals surface area contributed by atoms with Gasteiger partial charge in [0, 0.05) is 5.56 Å². The number of hydrogen-bond donors (Lipinski definition) is 1. The Morgan fingerprint density at radius 3 is 2.65 bits per heavy atom. The Labute approximate surface area is 98.1 Å². The lowest BCUT2D eigenvalue weighted by molar-refractivity contribution is 0.101. The Bertz CT molecular complexity index is 581. The summed E-state index contributed by atoms with van der Waals surface area (Å²) in [6, 6.07) is 9.32. The van der Waals surface area contributed by atoms with Crippen LogP contribution in [0.15, 0.2) is 36.4 Å². The van der Waals surface area contributed by atoms with Crippen molar-refractivity contribution >= 4 is 11.6 Å². The summed E-state index contributed by atoms with van der Waals surface area (Å²) in [6.07, 6.45) is 0. The van der Waals surface area contributed by atoms with Crippen LogP contribution in [0.25, 0.3) is 11.3 Å². The van der Waals surface area contributed by atoms with Crippen LogP contribution in [0.5, 0.6) is 0 Å². The number of pyridine rings is 1. The molecular weight excluding hydrogens is 219 g/mol. The fraction of sp³-hybridized carbons (Fsp3) is 0.0769. The second-order valence-corrected chi connectivity index (χ2v) is 3.70. The van der Waals surface area contributed by atoms with Crippen LogP contribution in [-0.4, -0.2) is 10.8 Å². The highest BCUT2D eigenvalue weighted by Gasteiger charge is 2.08. The smallest absolute Gasteiger partial charge is 0.163 e. The lowest BCUT2D eigenvalue weighted by Crippen LogP contribution is -2.02. The third-order valence-electron chi connectivity index (χ3n) is 2.42. The molecule has 0 fully saturated rings. The maximum Gasteiger partial charge on any atom is 0.163 e. The Balaban J connectivity index is 2.48. The summed E-state index contributed by atoms with van der Waals surface area (Å²) in [5, 5.41) is 0. The molecule has 0 spiro atoms. The van der Waals surface area contributed by atoms with Crippen LogP contribution in [-0.2, 0) is 0 Å². The van der Waals surface area contributed by atoms with E-state index in [-0.39, 0.29) is 17.4 Å². The van der Waals surface area contributed by atoms with E-state index in [1.807, 2.05) is 0 Å². The number of benzene rings is 1. The summed E-state index contributed by atoms with van der Waals surface area (Å²) >= 11 is 0.